The predicted octanol–water partition coefficient (Wildman–Crippen LogP) is 2.84. The van der Waals surface area contributed by atoms with Crippen molar-refractivity contribution in [2.75, 3.05) is 31.5 Å². The summed E-state index contributed by atoms with van der Waals surface area (Å²) in [6.07, 6.45) is 0. The number of nitrogens with zero attached hydrogens (tertiary/aromatic N) is 2. The number of guanidine groups is 1. The molecule has 8 heteroatoms. The fourth-order valence-corrected chi connectivity index (χ4v) is 1.70. The van der Waals surface area contributed by atoms with Crippen LogP contribution in [0.2, 0.25) is 0 Å². The van der Waals surface area contributed by atoms with E-state index in [1.54, 1.807) is 12.1 Å². The van der Waals surface area contributed by atoms with Gasteiger partial charge in [-0.3, -0.25) is 15.1 Å². The lowest BCUT2D eigenvalue weighted by molar-refractivity contribution is -0.384. The number of nitro benzene ring substituents is 1. The first-order chi connectivity index (χ1) is 10.5. The molecule has 0 radical (unpaired) electrons. The van der Waals surface area contributed by atoms with E-state index < -0.39 is 4.92 Å². The van der Waals surface area contributed by atoms with Gasteiger partial charge in [-0.1, -0.05) is 13.8 Å². The first kappa shape index (κ1) is 21.4. The molecule has 0 aliphatic carbocycles. The summed E-state index contributed by atoms with van der Waals surface area (Å²) in [5, 5.41) is 20.2. The molecule has 1 rings (SSSR count). The van der Waals surface area contributed by atoms with Gasteiger partial charge in [-0.15, -0.1) is 24.0 Å². The molecule has 130 valence electrons. The molecule has 0 bridgehead atoms. The molecule has 0 saturated heterocycles. The van der Waals surface area contributed by atoms with Crippen LogP contribution in [0.5, 0.6) is 0 Å². The number of halogens is 1. The lowest BCUT2D eigenvalue weighted by Crippen LogP contribution is -2.39. The van der Waals surface area contributed by atoms with E-state index in [-0.39, 0.29) is 29.7 Å². The maximum atomic E-state index is 10.6. The normalized spacial score (nSPS) is 10.9. The van der Waals surface area contributed by atoms with Crippen molar-refractivity contribution in [1.82, 2.24) is 10.6 Å². The maximum Gasteiger partial charge on any atom is 0.269 e. The molecular weight excluding hydrogens is 409 g/mol. The predicted molar refractivity (Wildman–Crippen MR) is 106 cm³/mol. The summed E-state index contributed by atoms with van der Waals surface area (Å²) in [5.41, 5.74) is 0.954. The van der Waals surface area contributed by atoms with Crippen molar-refractivity contribution >= 4 is 41.3 Å². The van der Waals surface area contributed by atoms with E-state index in [0.29, 0.717) is 19.0 Å². The van der Waals surface area contributed by atoms with Crippen LogP contribution in [0.25, 0.3) is 0 Å². The lowest BCUT2D eigenvalue weighted by Gasteiger charge is -2.13. The Labute approximate surface area is 154 Å². The Bertz CT molecular complexity index is 491. The Balaban J connectivity index is 0.00000484. The molecule has 0 aromatic heterocycles. The molecule has 3 N–H and O–H groups in total. The number of nitrogens with one attached hydrogen (secondary N) is 3. The third-order valence-corrected chi connectivity index (χ3v) is 2.78. The summed E-state index contributed by atoms with van der Waals surface area (Å²) in [6.45, 7) is 9.30. The van der Waals surface area contributed by atoms with Gasteiger partial charge in [0.1, 0.15) is 0 Å². The Morgan fingerprint density at radius 1 is 1.22 bits per heavy atom. The van der Waals surface area contributed by atoms with Gasteiger partial charge in [-0.2, -0.15) is 0 Å². The number of benzene rings is 1. The number of rotatable bonds is 8. The van der Waals surface area contributed by atoms with Crippen molar-refractivity contribution < 1.29 is 4.92 Å². The number of anilines is 1. The van der Waals surface area contributed by atoms with E-state index in [2.05, 4.69) is 34.8 Å². The molecule has 0 unspecified atom stereocenters. The second-order valence-corrected chi connectivity index (χ2v) is 5.27. The second kappa shape index (κ2) is 11.9. The molecule has 0 fully saturated rings. The van der Waals surface area contributed by atoms with Gasteiger partial charge >= 0.3 is 0 Å². The van der Waals surface area contributed by atoms with E-state index in [1.807, 2.05) is 6.92 Å². The van der Waals surface area contributed by atoms with Crippen molar-refractivity contribution in [3.63, 3.8) is 0 Å². The summed E-state index contributed by atoms with van der Waals surface area (Å²) < 4.78 is 0. The third kappa shape index (κ3) is 9.22. The average Bonchev–Trinajstić information content (AvgIpc) is 2.49. The highest BCUT2D eigenvalue weighted by atomic mass is 127. The number of hydrogen-bond acceptors (Lipinski definition) is 4. The molecule has 0 heterocycles. The van der Waals surface area contributed by atoms with Crippen molar-refractivity contribution in [3.8, 4) is 0 Å². The minimum Gasteiger partial charge on any atom is -0.383 e. The number of aliphatic imine (C=N–C) groups is 1. The summed E-state index contributed by atoms with van der Waals surface area (Å²) in [6, 6.07) is 6.39. The van der Waals surface area contributed by atoms with Gasteiger partial charge < -0.3 is 16.0 Å². The van der Waals surface area contributed by atoms with Gasteiger partial charge in [0.05, 0.1) is 4.92 Å². The molecule has 0 aliphatic heterocycles. The first-order valence-electron chi connectivity index (χ1n) is 7.53. The van der Waals surface area contributed by atoms with Crippen LogP contribution in [-0.4, -0.2) is 37.1 Å². The molecule has 0 amide bonds. The summed E-state index contributed by atoms with van der Waals surface area (Å²) in [7, 11) is 0. The van der Waals surface area contributed by atoms with Crippen LogP contribution in [0.3, 0.4) is 0 Å². The summed E-state index contributed by atoms with van der Waals surface area (Å²) in [5.74, 6) is 1.33. The SMILES string of the molecule is CCNC(=NCC(C)C)NCCNc1ccc([N+](=O)[O-])cc1.I. The van der Waals surface area contributed by atoms with E-state index >= 15 is 0 Å². The molecule has 0 aliphatic rings. The Kier molecular flexibility index (Phi) is 11.1. The first-order valence-corrected chi connectivity index (χ1v) is 7.53. The zero-order valence-electron chi connectivity index (χ0n) is 13.8. The molecule has 0 atom stereocenters. The van der Waals surface area contributed by atoms with Crippen LogP contribution in [0, 0.1) is 16.0 Å². The van der Waals surface area contributed by atoms with Gasteiger partial charge in [0, 0.05) is 44.0 Å². The highest BCUT2D eigenvalue weighted by molar-refractivity contribution is 14.0. The lowest BCUT2D eigenvalue weighted by atomic mass is 10.2. The maximum absolute atomic E-state index is 10.6. The van der Waals surface area contributed by atoms with Crippen molar-refractivity contribution in [2.45, 2.75) is 20.8 Å². The van der Waals surface area contributed by atoms with Gasteiger partial charge in [-0.25, -0.2) is 0 Å². The molecule has 1 aromatic carbocycles. The van der Waals surface area contributed by atoms with E-state index in [1.165, 1.54) is 12.1 Å². The minimum absolute atomic E-state index is 0. The van der Waals surface area contributed by atoms with Gasteiger partial charge in [0.2, 0.25) is 0 Å². The molecular formula is C15H26IN5O2. The Morgan fingerprint density at radius 2 is 1.87 bits per heavy atom. The van der Waals surface area contributed by atoms with E-state index in [0.717, 1.165) is 24.7 Å². The quantitative estimate of drug-likeness (QED) is 0.146. The number of nitro groups is 1. The van der Waals surface area contributed by atoms with Crippen LogP contribution in [-0.2, 0) is 0 Å². The molecule has 0 spiro atoms. The number of non-ortho nitro benzene ring substituents is 1. The molecule has 1 aromatic rings. The highest BCUT2D eigenvalue weighted by Crippen LogP contribution is 2.14. The molecule has 7 nitrogen and oxygen atoms in total. The summed E-state index contributed by atoms with van der Waals surface area (Å²) in [4.78, 5) is 14.7. The van der Waals surface area contributed by atoms with E-state index in [4.69, 9.17) is 0 Å². The largest absolute Gasteiger partial charge is 0.383 e. The smallest absolute Gasteiger partial charge is 0.269 e. The fourth-order valence-electron chi connectivity index (χ4n) is 1.70. The summed E-state index contributed by atoms with van der Waals surface area (Å²) >= 11 is 0. The van der Waals surface area contributed by atoms with Crippen molar-refractivity contribution in [2.24, 2.45) is 10.9 Å². The van der Waals surface area contributed by atoms with Gasteiger partial charge in [0.25, 0.3) is 5.69 Å². The molecule has 23 heavy (non-hydrogen) atoms. The fraction of sp³-hybridized carbons (Fsp3) is 0.533. The van der Waals surface area contributed by atoms with E-state index in [9.17, 15) is 10.1 Å². The third-order valence-electron chi connectivity index (χ3n) is 2.78. The molecule has 0 saturated carbocycles. The van der Waals surface area contributed by atoms with Gasteiger partial charge in [0.15, 0.2) is 5.96 Å². The van der Waals surface area contributed by atoms with Crippen LogP contribution in [0.4, 0.5) is 11.4 Å². The zero-order valence-corrected chi connectivity index (χ0v) is 16.2. The zero-order chi connectivity index (χ0) is 16.4. The van der Waals surface area contributed by atoms with Crippen LogP contribution >= 0.6 is 24.0 Å². The van der Waals surface area contributed by atoms with Gasteiger partial charge in [-0.05, 0) is 25.0 Å². The Morgan fingerprint density at radius 3 is 2.39 bits per heavy atom. The monoisotopic (exact) mass is 435 g/mol. The highest BCUT2D eigenvalue weighted by Gasteiger charge is 2.03. The van der Waals surface area contributed by atoms with Crippen LogP contribution in [0.15, 0.2) is 29.3 Å². The van der Waals surface area contributed by atoms with Crippen LogP contribution in [0.1, 0.15) is 20.8 Å². The standard InChI is InChI=1S/C15H25N5O2.HI/c1-4-16-15(19-11-12(2)3)18-10-9-17-13-5-7-14(8-6-13)20(21)22;/h5-8,12,17H,4,9-11H2,1-3H3,(H2,16,18,19);1H. The topological polar surface area (TPSA) is 91.6 Å². The number of hydrogen-bond donors (Lipinski definition) is 3. The van der Waals surface area contributed by atoms with Crippen molar-refractivity contribution in [3.05, 3.63) is 34.4 Å². The van der Waals surface area contributed by atoms with Crippen LogP contribution < -0.4 is 16.0 Å². The minimum atomic E-state index is -0.404. The second-order valence-electron chi connectivity index (χ2n) is 5.27. The van der Waals surface area contributed by atoms with Crippen molar-refractivity contribution in [1.29, 1.82) is 0 Å². The average molecular weight is 435 g/mol. The Hall–Kier alpha value is -1.58.